The predicted octanol–water partition coefficient (Wildman–Crippen LogP) is 3.95. The van der Waals surface area contributed by atoms with Crippen LogP contribution in [-0.4, -0.2) is 29.2 Å². The second-order valence-electron chi connectivity index (χ2n) is 5.53. The van der Waals surface area contributed by atoms with Gasteiger partial charge in [0.2, 0.25) is 0 Å². The van der Waals surface area contributed by atoms with Gasteiger partial charge >= 0.3 is 0 Å². The minimum absolute atomic E-state index is 0.0657. The third-order valence-electron chi connectivity index (χ3n) is 3.82. The second kappa shape index (κ2) is 7.16. The molecule has 1 aliphatic heterocycles. The van der Waals surface area contributed by atoms with Crippen LogP contribution < -0.4 is 0 Å². The van der Waals surface area contributed by atoms with Gasteiger partial charge in [0.15, 0.2) is 0 Å². The fraction of sp³-hybridized carbons (Fsp3) is 0.500. The fourth-order valence-electron chi connectivity index (χ4n) is 2.81. The van der Waals surface area contributed by atoms with Crippen molar-refractivity contribution in [3.63, 3.8) is 0 Å². The first-order chi connectivity index (χ1) is 9.99. The Bertz CT molecular complexity index is 547. The van der Waals surface area contributed by atoms with Crippen molar-refractivity contribution in [2.24, 2.45) is 0 Å². The van der Waals surface area contributed by atoms with E-state index in [-0.39, 0.29) is 23.3 Å². The highest BCUT2D eigenvalue weighted by atomic mass is 79.9. The molecular weight excluding hydrogens is 337 g/mol. The lowest BCUT2D eigenvalue weighted by atomic mass is 10.0. The Balaban J connectivity index is 2.26. The Morgan fingerprint density at radius 1 is 1.33 bits per heavy atom. The van der Waals surface area contributed by atoms with E-state index >= 15 is 0 Å². The number of halogens is 2. The molecule has 1 saturated heterocycles. The van der Waals surface area contributed by atoms with Gasteiger partial charge in [0.1, 0.15) is 11.6 Å². The van der Waals surface area contributed by atoms with Crippen LogP contribution in [-0.2, 0) is 4.79 Å². The number of amides is 1. The molecule has 3 nitrogen and oxygen atoms in total. The Morgan fingerprint density at radius 2 is 2.10 bits per heavy atom. The first-order valence-corrected chi connectivity index (χ1v) is 8.04. The average Bonchev–Trinajstić information content (AvgIpc) is 2.63. The smallest absolute Gasteiger partial charge is 0.257 e. The van der Waals surface area contributed by atoms with Gasteiger partial charge in [-0.1, -0.05) is 28.8 Å². The summed E-state index contributed by atoms with van der Waals surface area (Å²) >= 11 is 3.19. The number of benzene rings is 1. The summed E-state index contributed by atoms with van der Waals surface area (Å²) in [5.74, 6) is -0.774. The van der Waals surface area contributed by atoms with Crippen molar-refractivity contribution in [1.82, 2.24) is 4.90 Å². The maximum absolute atomic E-state index is 14.0. The molecule has 1 aromatic rings. The molecule has 114 valence electrons. The first kappa shape index (κ1) is 16.1. The summed E-state index contributed by atoms with van der Waals surface area (Å²) in [5.41, 5.74) is 0.0775. The van der Waals surface area contributed by atoms with Gasteiger partial charge in [0.25, 0.3) is 5.91 Å². The molecule has 2 rings (SSSR count). The van der Waals surface area contributed by atoms with E-state index < -0.39 is 5.82 Å². The molecule has 1 aromatic carbocycles. The lowest BCUT2D eigenvalue weighted by Crippen LogP contribution is -2.41. The zero-order chi connectivity index (χ0) is 15.4. The maximum atomic E-state index is 14.0. The highest BCUT2D eigenvalue weighted by molar-refractivity contribution is 9.10. The molecule has 0 spiro atoms. The largest absolute Gasteiger partial charge is 0.335 e. The number of carbonyl (C=O) groups excluding carboxylic acids is 2. The molecule has 1 heterocycles. The third-order valence-corrected chi connectivity index (χ3v) is 4.32. The van der Waals surface area contributed by atoms with Crippen molar-refractivity contribution in [1.29, 1.82) is 0 Å². The number of hydrogen-bond acceptors (Lipinski definition) is 2. The van der Waals surface area contributed by atoms with Gasteiger partial charge in [-0.25, -0.2) is 4.39 Å². The standard InChI is InChI=1S/C16H19BrFNO2/c1-11(20)9-13-5-3-2-4-8-19(13)16(21)14-7-6-12(17)10-15(14)18/h6-7,10,13H,2-5,8-9H2,1H3. The summed E-state index contributed by atoms with van der Waals surface area (Å²) in [6.07, 6.45) is 4.11. The monoisotopic (exact) mass is 355 g/mol. The Labute approximate surface area is 132 Å². The van der Waals surface area contributed by atoms with E-state index in [0.717, 1.165) is 25.7 Å². The van der Waals surface area contributed by atoms with Gasteiger partial charge in [-0.2, -0.15) is 0 Å². The number of Topliss-reactive ketones (excluding diaryl/α,β-unsaturated/α-hetero) is 1. The molecule has 0 aromatic heterocycles. The molecule has 5 heteroatoms. The van der Waals surface area contributed by atoms with Gasteiger partial charge < -0.3 is 4.90 Å². The van der Waals surface area contributed by atoms with Crippen LogP contribution in [0, 0.1) is 5.82 Å². The van der Waals surface area contributed by atoms with Gasteiger partial charge in [-0.3, -0.25) is 9.59 Å². The molecule has 0 radical (unpaired) electrons. The van der Waals surface area contributed by atoms with E-state index in [2.05, 4.69) is 15.9 Å². The lowest BCUT2D eigenvalue weighted by Gasteiger charge is -2.29. The summed E-state index contributed by atoms with van der Waals surface area (Å²) in [6.45, 7) is 2.13. The summed E-state index contributed by atoms with van der Waals surface area (Å²) in [5, 5.41) is 0. The highest BCUT2D eigenvalue weighted by Crippen LogP contribution is 2.24. The van der Waals surface area contributed by atoms with E-state index in [1.807, 2.05) is 0 Å². The fourth-order valence-corrected chi connectivity index (χ4v) is 3.14. The molecule has 0 saturated carbocycles. The molecule has 0 aliphatic carbocycles. The Hall–Kier alpha value is -1.23. The normalized spacial score (nSPS) is 19.2. The summed E-state index contributed by atoms with van der Waals surface area (Å²) in [4.78, 5) is 25.7. The van der Waals surface area contributed by atoms with Crippen LogP contribution in [0.2, 0.25) is 0 Å². The molecular formula is C16H19BrFNO2. The summed E-state index contributed by atoms with van der Waals surface area (Å²) in [6, 6.07) is 4.34. The van der Waals surface area contributed by atoms with Crippen LogP contribution in [0.15, 0.2) is 22.7 Å². The van der Waals surface area contributed by atoms with E-state index in [0.29, 0.717) is 17.4 Å². The lowest BCUT2D eigenvalue weighted by molar-refractivity contribution is -0.118. The van der Waals surface area contributed by atoms with Crippen LogP contribution in [0.1, 0.15) is 49.4 Å². The van der Waals surface area contributed by atoms with Crippen molar-refractivity contribution >= 4 is 27.6 Å². The van der Waals surface area contributed by atoms with Crippen LogP contribution in [0.25, 0.3) is 0 Å². The number of likely N-dealkylation sites (tertiary alicyclic amines) is 1. The quantitative estimate of drug-likeness (QED) is 0.822. The van der Waals surface area contributed by atoms with Crippen LogP contribution in [0.4, 0.5) is 4.39 Å². The Kier molecular flexibility index (Phi) is 5.51. The van der Waals surface area contributed by atoms with E-state index in [4.69, 9.17) is 0 Å². The topological polar surface area (TPSA) is 37.4 Å². The number of carbonyl (C=O) groups is 2. The van der Waals surface area contributed by atoms with Crippen LogP contribution >= 0.6 is 15.9 Å². The minimum atomic E-state index is -0.528. The third kappa shape index (κ3) is 4.13. The van der Waals surface area contributed by atoms with Crippen LogP contribution in [0.3, 0.4) is 0 Å². The molecule has 1 aliphatic rings. The van der Waals surface area contributed by atoms with E-state index in [1.165, 1.54) is 19.1 Å². The van der Waals surface area contributed by atoms with Gasteiger partial charge in [0, 0.05) is 23.5 Å². The molecule has 0 N–H and O–H groups in total. The van der Waals surface area contributed by atoms with Gasteiger partial charge in [0.05, 0.1) is 5.56 Å². The molecule has 0 bridgehead atoms. The van der Waals surface area contributed by atoms with Crippen molar-refractivity contribution in [2.45, 2.75) is 45.1 Å². The minimum Gasteiger partial charge on any atom is -0.335 e. The van der Waals surface area contributed by atoms with E-state index in [1.54, 1.807) is 11.0 Å². The van der Waals surface area contributed by atoms with E-state index in [9.17, 15) is 14.0 Å². The summed E-state index contributed by atoms with van der Waals surface area (Å²) in [7, 11) is 0. The van der Waals surface area contributed by atoms with Gasteiger partial charge in [-0.15, -0.1) is 0 Å². The van der Waals surface area contributed by atoms with Crippen molar-refractivity contribution in [3.05, 3.63) is 34.1 Å². The zero-order valence-electron chi connectivity index (χ0n) is 12.1. The average molecular weight is 356 g/mol. The van der Waals surface area contributed by atoms with Crippen molar-refractivity contribution < 1.29 is 14.0 Å². The summed E-state index contributed by atoms with van der Waals surface area (Å²) < 4.78 is 14.6. The number of nitrogens with zero attached hydrogens (tertiary/aromatic N) is 1. The molecule has 1 atom stereocenters. The van der Waals surface area contributed by atoms with Crippen molar-refractivity contribution in [3.8, 4) is 0 Å². The SMILES string of the molecule is CC(=O)CC1CCCCCN1C(=O)c1ccc(Br)cc1F. The number of ketones is 1. The van der Waals surface area contributed by atoms with Gasteiger partial charge in [-0.05, 0) is 38.0 Å². The maximum Gasteiger partial charge on any atom is 0.257 e. The molecule has 1 unspecified atom stereocenters. The number of hydrogen-bond donors (Lipinski definition) is 0. The molecule has 1 amide bonds. The van der Waals surface area contributed by atoms with Crippen LogP contribution in [0.5, 0.6) is 0 Å². The predicted molar refractivity (Wildman–Crippen MR) is 82.7 cm³/mol. The van der Waals surface area contributed by atoms with Crippen molar-refractivity contribution in [2.75, 3.05) is 6.54 Å². The number of rotatable bonds is 3. The zero-order valence-corrected chi connectivity index (χ0v) is 13.7. The highest BCUT2D eigenvalue weighted by Gasteiger charge is 2.28. The first-order valence-electron chi connectivity index (χ1n) is 7.24. The second-order valence-corrected chi connectivity index (χ2v) is 6.45. The Morgan fingerprint density at radius 3 is 2.76 bits per heavy atom. The molecule has 1 fully saturated rings. The molecule has 21 heavy (non-hydrogen) atoms.